The second kappa shape index (κ2) is 17.9. The Morgan fingerprint density at radius 1 is 0.576 bits per heavy atom. The summed E-state index contributed by atoms with van der Waals surface area (Å²) in [4.78, 5) is 0. The van der Waals surface area contributed by atoms with E-state index in [4.69, 9.17) is 41.7 Å². The summed E-state index contributed by atoms with van der Waals surface area (Å²) in [6, 6.07) is 0. The van der Waals surface area contributed by atoms with Crippen LogP contribution in [0.3, 0.4) is 0 Å². The van der Waals surface area contributed by atoms with Crippen LogP contribution in [-0.2, 0) is 41.7 Å². The molecule has 0 aliphatic rings. The standard InChI is InChI=1S/C24H52O4P2S3/c1-19(2)13-11-15-25-29(31,27-23(9)17-21(5)6)33-30(32,26-16-12-14-20(3)4)28-24(10)18-22(7)8/h19-24H,11-18H2,1-10H3. The molecule has 0 N–H and O–H groups in total. The Morgan fingerprint density at radius 3 is 1.18 bits per heavy atom. The van der Waals surface area contributed by atoms with Crippen LogP contribution < -0.4 is 0 Å². The van der Waals surface area contributed by atoms with Gasteiger partial charge in [0.1, 0.15) is 0 Å². The van der Waals surface area contributed by atoms with Gasteiger partial charge in [-0.25, -0.2) is 0 Å². The molecule has 0 radical (unpaired) electrons. The van der Waals surface area contributed by atoms with E-state index in [1.54, 1.807) is 0 Å². The fourth-order valence-corrected chi connectivity index (χ4v) is 19.3. The molecule has 0 saturated heterocycles. The van der Waals surface area contributed by atoms with Crippen molar-refractivity contribution in [3.63, 3.8) is 0 Å². The lowest BCUT2D eigenvalue weighted by Crippen LogP contribution is -2.12. The lowest BCUT2D eigenvalue weighted by atomic mass is 10.1. The molecule has 0 bridgehead atoms. The Morgan fingerprint density at radius 2 is 0.909 bits per heavy atom. The van der Waals surface area contributed by atoms with Crippen LogP contribution in [-0.4, -0.2) is 25.4 Å². The zero-order chi connectivity index (χ0) is 25.7. The van der Waals surface area contributed by atoms with Crippen molar-refractivity contribution in [3.05, 3.63) is 0 Å². The third-order valence-electron chi connectivity index (χ3n) is 4.78. The molecule has 0 rings (SSSR count). The van der Waals surface area contributed by atoms with Gasteiger partial charge in [-0.2, -0.15) is 0 Å². The van der Waals surface area contributed by atoms with E-state index in [-0.39, 0.29) is 12.2 Å². The molecule has 4 atom stereocenters. The van der Waals surface area contributed by atoms with Crippen molar-refractivity contribution in [2.45, 2.75) is 120 Å². The Hall–Kier alpha value is 1.49. The average Bonchev–Trinajstić information content (AvgIpc) is 2.60. The van der Waals surface area contributed by atoms with Gasteiger partial charge in [0.25, 0.3) is 11.4 Å². The quantitative estimate of drug-likeness (QED) is 0.108. The van der Waals surface area contributed by atoms with E-state index >= 15 is 0 Å². The van der Waals surface area contributed by atoms with Gasteiger partial charge < -0.3 is 18.1 Å². The first-order valence-corrected chi connectivity index (χ1v) is 20.0. The Bertz CT molecular complexity index is 550. The Kier molecular flexibility index (Phi) is 18.7. The van der Waals surface area contributed by atoms with Crippen LogP contribution >= 0.6 is 22.4 Å². The molecule has 9 heteroatoms. The summed E-state index contributed by atoms with van der Waals surface area (Å²) in [7, 11) is 0. The van der Waals surface area contributed by atoms with Crippen molar-refractivity contribution in [1.82, 2.24) is 0 Å². The smallest absolute Gasteiger partial charge is 0.256 e. The van der Waals surface area contributed by atoms with Crippen molar-refractivity contribution >= 4 is 46.0 Å². The predicted molar refractivity (Wildman–Crippen MR) is 156 cm³/mol. The number of hydrogen-bond donors (Lipinski definition) is 0. The molecular formula is C24H52O4P2S3. The lowest BCUT2D eigenvalue weighted by Gasteiger charge is -2.32. The highest BCUT2D eigenvalue weighted by atomic mass is 33.2. The van der Waals surface area contributed by atoms with E-state index in [9.17, 15) is 0 Å². The minimum atomic E-state index is -2.73. The lowest BCUT2D eigenvalue weighted by molar-refractivity contribution is 0.174. The summed E-state index contributed by atoms with van der Waals surface area (Å²) in [5.74, 6) is 2.31. The van der Waals surface area contributed by atoms with Gasteiger partial charge in [0.05, 0.1) is 25.4 Å². The summed E-state index contributed by atoms with van der Waals surface area (Å²) in [6.07, 6.45) is 5.99. The van der Waals surface area contributed by atoms with E-state index in [0.29, 0.717) is 36.9 Å². The third kappa shape index (κ3) is 19.3. The van der Waals surface area contributed by atoms with Crippen LogP contribution in [0.5, 0.6) is 0 Å². The molecule has 4 nitrogen and oxygen atoms in total. The topological polar surface area (TPSA) is 36.9 Å². The predicted octanol–water partition coefficient (Wildman–Crippen LogP) is 9.98. The second-order valence-corrected chi connectivity index (χ2v) is 22.8. The zero-order valence-corrected chi connectivity index (χ0v) is 27.1. The molecule has 0 fully saturated rings. The van der Waals surface area contributed by atoms with Crippen molar-refractivity contribution < 1.29 is 18.1 Å². The molecule has 33 heavy (non-hydrogen) atoms. The summed E-state index contributed by atoms with van der Waals surface area (Å²) in [5.41, 5.74) is -5.45. The van der Waals surface area contributed by atoms with E-state index in [1.807, 2.05) is 0 Å². The van der Waals surface area contributed by atoms with Gasteiger partial charge in [-0.3, -0.25) is 0 Å². The summed E-state index contributed by atoms with van der Waals surface area (Å²) >= 11 is 13.5. The number of rotatable bonds is 20. The highest BCUT2D eigenvalue weighted by molar-refractivity contribution is 8.96. The van der Waals surface area contributed by atoms with Crippen molar-refractivity contribution in [1.29, 1.82) is 0 Å². The molecule has 0 aliphatic heterocycles. The summed E-state index contributed by atoms with van der Waals surface area (Å²) < 4.78 is 25.5. The van der Waals surface area contributed by atoms with E-state index < -0.39 is 11.4 Å². The first-order chi connectivity index (χ1) is 15.2. The van der Waals surface area contributed by atoms with Crippen molar-refractivity contribution in [2.75, 3.05) is 13.2 Å². The SMILES string of the molecule is CC(C)CCCOP(=S)(OC(C)CC(C)C)SP(=S)(OCCCC(C)C)OC(C)CC(C)C. The summed E-state index contributed by atoms with van der Waals surface area (Å²) in [5, 5.41) is 0. The van der Waals surface area contributed by atoms with E-state index in [0.717, 1.165) is 38.5 Å². The van der Waals surface area contributed by atoms with Gasteiger partial charge in [0.15, 0.2) is 0 Å². The molecule has 0 amide bonds. The molecule has 0 saturated carbocycles. The maximum Gasteiger partial charge on any atom is 0.256 e. The highest BCUT2D eigenvalue weighted by Gasteiger charge is 2.36. The monoisotopic (exact) mass is 562 g/mol. The van der Waals surface area contributed by atoms with Crippen molar-refractivity contribution in [2.24, 2.45) is 23.7 Å². The van der Waals surface area contributed by atoms with Crippen LogP contribution in [0, 0.1) is 23.7 Å². The second-order valence-electron chi connectivity index (χ2n) is 10.8. The van der Waals surface area contributed by atoms with Crippen LogP contribution in [0.15, 0.2) is 0 Å². The van der Waals surface area contributed by atoms with E-state index in [1.165, 1.54) is 11.0 Å². The summed E-state index contributed by atoms with van der Waals surface area (Å²) in [6.45, 7) is 23.0. The highest BCUT2D eigenvalue weighted by Crippen LogP contribution is 2.80. The molecule has 0 aromatic heterocycles. The maximum absolute atomic E-state index is 6.43. The molecule has 200 valence electrons. The van der Waals surface area contributed by atoms with Gasteiger partial charge >= 0.3 is 0 Å². The molecule has 0 aromatic rings. The molecule has 0 aromatic carbocycles. The average molecular weight is 563 g/mol. The van der Waals surface area contributed by atoms with Gasteiger partial charge in [-0.15, -0.1) is 0 Å². The minimum absolute atomic E-state index is 0.00547. The minimum Gasteiger partial charge on any atom is -0.321 e. The van der Waals surface area contributed by atoms with Crippen molar-refractivity contribution in [3.8, 4) is 0 Å². The first-order valence-electron chi connectivity index (χ1n) is 12.7. The van der Waals surface area contributed by atoms with Gasteiger partial charge in [-0.05, 0) is 99.7 Å². The zero-order valence-electron chi connectivity index (χ0n) is 22.9. The number of hydrogen-bond acceptors (Lipinski definition) is 7. The van der Waals surface area contributed by atoms with Gasteiger partial charge in [0, 0.05) is 11.0 Å². The van der Waals surface area contributed by atoms with Crippen LogP contribution in [0.4, 0.5) is 0 Å². The van der Waals surface area contributed by atoms with Crippen LogP contribution in [0.25, 0.3) is 0 Å². The maximum atomic E-state index is 6.43. The largest absolute Gasteiger partial charge is 0.321 e. The fraction of sp³-hybridized carbons (Fsp3) is 1.00. The Balaban J connectivity index is 5.53. The van der Waals surface area contributed by atoms with Gasteiger partial charge in [0.2, 0.25) is 0 Å². The normalized spacial score (nSPS) is 18.1. The third-order valence-corrected chi connectivity index (χ3v) is 18.1. The molecule has 0 heterocycles. The van der Waals surface area contributed by atoms with Crippen LogP contribution in [0.2, 0.25) is 0 Å². The molecular weight excluding hydrogens is 510 g/mol. The molecule has 0 aliphatic carbocycles. The van der Waals surface area contributed by atoms with E-state index in [2.05, 4.69) is 69.2 Å². The molecule has 0 spiro atoms. The Labute approximate surface area is 220 Å². The first kappa shape index (κ1) is 34.5. The van der Waals surface area contributed by atoms with Crippen LogP contribution in [0.1, 0.15) is 108 Å². The molecule has 4 unspecified atom stereocenters. The van der Waals surface area contributed by atoms with Gasteiger partial charge in [-0.1, -0.05) is 55.4 Å². The fourth-order valence-electron chi connectivity index (χ4n) is 3.46.